The minimum atomic E-state index is -4.89. The van der Waals surface area contributed by atoms with Crippen molar-refractivity contribution in [3.63, 3.8) is 0 Å². The lowest BCUT2D eigenvalue weighted by Crippen LogP contribution is -2.57. The van der Waals surface area contributed by atoms with Crippen LogP contribution in [0.1, 0.15) is 12.8 Å². The van der Waals surface area contributed by atoms with E-state index < -0.39 is 53.0 Å². The Kier molecular flexibility index (Phi) is 8.73. The number of nitrogens with zero attached hydrogens (tertiary/aromatic N) is 1. The van der Waals surface area contributed by atoms with Gasteiger partial charge in [0.15, 0.2) is 0 Å². The lowest BCUT2D eigenvalue weighted by Gasteiger charge is -2.39. The summed E-state index contributed by atoms with van der Waals surface area (Å²) in [5, 5.41) is 51.3. The molecule has 0 saturated carbocycles. The first-order valence-electron chi connectivity index (χ1n) is 7.08. The molecule has 146 valence electrons. The van der Waals surface area contributed by atoms with Crippen LogP contribution >= 0.6 is 11.8 Å². The van der Waals surface area contributed by atoms with E-state index in [-0.39, 0.29) is 17.9 Å². The third-order valence-corrected chi connectivity index (χ3v) is 4.58. The molecule has 0 unspecified atom stereocenters. The van der Waals surface area contributed by atoms with Crippen molar-refractivity contribution in [1.82, 2.24) is 0 Å². The van der Waals surface area contributed by atoms with E-state index in [1.54, 1.807) is 0 Å². The second-order valence-electron chi connectivity index (χ2n) is 5.18. The molecule has 1 saturated heterocycles. The van der Waals surface area contributed by atoms with Crippen molar-refractivity contribution in [3.05, 3.63) is 12.7 Å². The second-order valence-corrected chi connectivity index (χ2v) is 7.36. The van der Waals surface area contributed by atoms with Crippen LogP contribution in [0.4, 0.5) is 0 Å². The molecule has 6 atom stereocenters. The van der Waals surface area contributed by atoms with E-state index in [4.69, 9.17) is 14.4 Å². The zero-order valence-electron chi connectivity index (χ0n) is 12.9. The number of ether oxygens (including phenoxy) is 1. The molecule has 11 nitrogen and oxygen atoms in total. The number of aliphatic hydroxyl groups excluding tert-OH is 5. The summed E-state index contributed by atoms with van der Waals surface area (Å²) >= 11 is 0.594. The Hall–Kier alpha value is -0.770. The fourth-order valence-electron chi connectivity index (χ4n) is 1.97. The van der Waals surface area contributed by atoms with Crippen molar-refractivity contribution in [2.75, 3.05) is 6.61 Å². The van der Waals surface area contributed by atoms with E-state index in [0.29, 0.717) is 11.8 Å². The summed E-state index contributed by atoms with van der Waals surface area (Å²) in [7, 11) is -4.89. The van der Waals surface area contributed by atoms with E-state index in [2.05, 4.69) is 16.0 Å². The highest BCUT2D eigenvalue weighted by Crippen LogP contribution is 2.30. The van der Waals surface area contributed by atoms with Gasteiger partial charge in [-0.05, 0) is 6.42 Å². The lowest BCUT2D eigenvalue weighted by molar-refractivity contribution is -0.205. The van der Waals surface area contributed by atoms with Gasteiger partial charge in [0.1, 0.15) is 34.9 Å². The van der Waals surface area contributed by atoms with Crippen LogP contribution in [0.5, 0.6) is 0 Å². The highest BCUT2D eigenvalue weighted by molar-refractivity contribution is 8.14. The number of thioether (sulfide) groups is 1. The average Bonchev–Trinajstić information content (AvgIpc) is 2.52. The molecule has 1 aliphatic rings. The molecule has 0 radical (unpaired) electrons. The molecule has 0 aliphatic carbocycles. The number of oxime groups is 1. The van der Waals surface area contributed by atoms with Crippen molar-refractivity contribution in [2.45, 2.75) is 48.8 Å². The smallest absolute Gasteiger partial charge is 0.394 e. The number of aliphatic hydroxyl groups is 5. The van der Waals surface area contributed by atoms with Gasteiger partial charge in [0.2, 0.25) is 0 Å². The Balaban J connectivity index is 2.92. The van der Waals surface area contributed by atoms with Gasteiger partial charge in [-0.1, -0.05) is 23.0 Å². The molecule has 1 rings (SSSR count). The van der Waals surface area contributed by atoms with E-state index in [1.807, 2.05) is 0 Å². The molecule has 0 aromatic rings. The molecule has 1 fully saturated rings. The Morgan fingerprint density at radius 1 is 1.32 bits per heavy atom. The van der Waals surface area contributed by atoms with Gasteiger partial charge in [0.05, 0.1) is 12.7 Å². The monoisotopic (exact) mass is 403 g/mol. The van der Waals surface area contributed by atoms with Crippen LogP contribution in [0.3, 0.4) is 0 Å². The maximum Gasteiger partial charge on any atom is 0.466 e. The normalized spacial score (nSPS) is 32.2. The molecule has 0 spiro atoms. The fraction of sp³-hybridized carbons (Fsp3) is 0.750. The summed E-state index contributed by atoms with van der Waals surface area (Å²) in [6.45, 7) is 2.79. The molecule has 6 N–H and O–H groups in total. The standard InChI is InChI=1S/C12H21NO10S2/c1-2-3-6(15)4-8(13-23-25(19,20)21)24-12-11(18)10(17)9(16)7(5-14)22-12/h2,6-7,9-12,14-18H,1,3-5H2,(H,19,20,21)/b13-8-/t6-,7+,9-,10-,11-,12-/m0/s1. The number of rotatable bonds is 8. The third-order valence-electron chi connectivity index (χ3n) is 3.18. The minimum Gasteiger partial charge on any atom is -0.394 e. The van der Waals surface area contributed by atoms with Crippen LogP contribution in [-0.4, -0.2) is 86.1 Å². The number of hydrogen-bond acceptors (Lipinski definition) is 11. The summed E-state index contributed by atoms with van der Waals surface area (Å²) in [5.74, 6) is 0. The molecule has 1 heterocycles. The van der Waals surface area contributed by atoms with Gasteiger partial charge in [-0.15, -0.1) is 6.58 Å². The van der Waals surface area contributed by atoms with Crippen LogP contribution in [-0.2, 0) is 19.4 Å². The highest BCUT2D eigenvalue weighted by Gasteiger charge is 2.44. The Morgan fingerprint density at radius 2 is 1.96 bits per heavy atom. The van der Waals surface area contributed by atoms with E-state index >= 15 is 0 Å². The third kappa shape index (κ3) is 7.16. The molecule has 0 amide bonds. The van der Waals surface area contributed by atoms with Gasteiger partial charge in [-0.25, -0.2) is 4.28 Å². The lowest BCUT2D eigenvalue weighted by atomic mass is 10.0. The minimum absolute atomic E-state index is 0.139. The Bertz CT molecular complexity index is 566. The quantitative estimate of drug-likeness (QED) is 0.0863. The molecule has 25 heavy (non-hydrogen) atoms. The maximum atomic E-state index is 10.6. The summed E-state index contributed by atoms with van der Waals surface area (Å²) in [4.78, 5) is 0. The van der Waals surface area contributed by atoms with Gasteiger partial charge in [-0.3, -0.25) is 4.55 Å². The van der Waals surface area contributed by atoms with Gasteiger partial charge >= 0.3 is 10.4 Å². The zero-order chi connectivity index (χ0) is 19.2. The summed E-state index contributed by atoms with van der Waals surface area (Å²) in [5.41, 5.74) is -1.25. The van der Waals surface area contributed by atoms with E-state index in [0.717, 1.165) is 0 Å². The van der Waals surface area contributed by atoms with Crippen LogP contribution in [0.15, 0.2) is 17.8 Å². The predicted molar refractivity (Wildman–Crippen MR) is 86.9 cm³/mol. The maximum absolute atomic E-state index is 10.6. The largest absolute Gasteiger partial charge is 0.466 e. The topological polar surface area (TPSA) is 186 Å². The van der Waals surface area contributed by atoms with Gasteiger partial charge in [0, 0.05) is 6.42 Å². The van der Waals surface area contributed by atoms with E-state index in [1.165, 1.54) is 6.08 Å². The Labute approximate surface area is 148 Å². The molecule has 0 bridgehead atoms. The second kappa shape index (κ2) is 9.80. The SMILES string of the molecule is C=CC[C@H](O)C/C(=N/OS(=O)(=O)O)S[C@@H]1O[C@H](CO)[C@H](O)[C@H](O)[C@@H]1O. The van der Waals surface area contributed by atoms with Crippen LogP contribution in [0.25, 0.3) is 0 Å². The average molecular weight is 403 g/mol. The first-order chi connectivity index (χ1) is 11.6. The van der Waals surface area contributed by atoms with Gasteiger partial charge < -0.3 is 30.3 Å². The van der Waals surface area contributed by atoms with Crippen molar-refractivity contribution in [1.29, 1.82) is 0 Å². The molecular weight excluding hydrogens is 382 g/mol. The van der Waals surface area contributed by atoms with Crippen molar-refractivity contribution < 1.29 is 47.5 Å². The Morgan fingerprint density at radius 3 is 2.48 bits per heavy atom. The van der Waals surface area contributed by atoms with Crippen LogP contribution in [0.2, 0.25) is 0 Å². The summed E-state index contributed by atoms with van der Waals surface area (Å²) in [6.07, 6.45) is -5.67. The fourth-order valence-corrected chi connectivity index (χ4v) is 3.34. The summed E-state index contributed by atoms with van der Waals surface area (Å²) in [6, 6.07) is 0. The molecule has 0 aromatic carbocycles. The molecule has 0 aromatic heterocycles. The molecule has 1 aliphatic heterocycles. The highest BCUT2D eigenvalue weighted by atomic mass is 32.3. The van der Waals surface area contributed by atoms with Crippen molar-refractivity contribution >= 4 is 27.2 Å². The van der Waals surface area contributed by atoms with Gasteiger partial charge in [0.25, 0.3) is 0 Å². The van der Waals surface area contributed by atoms with Crippen molar-refractivity contribution in [3.8, 4) is 0 Å². The van der Waals surface area contributed by atoms with Gasteiger partial charge in [-0.2, -0.15) is 8.42 Å². The zero-order valence-corrected chi connectivity index (χ0v) is 14.6. The first kappa shape index (κ1) is 22.3. The van der Waals surface area contributed by atoms with E-state index in [9.17, 15) is 28.8 Å². The van der Waals surface area contributed by atoms with Crippen molar-refractivity contribution in [2.24, 2.45) is 5.16 Å². The molecular formula is C12H21NO10S2. The molecule has 13 heteroatoms. The summed E-state index contributed by atoms with van der Waals surface area (Å²) < 4.78 is 39.0. The predicted octanol–water partition coefficient (Wildman–Crippen LogP) is -2.02. The first-order valence-corrected chi connectivity index (χ1v) is 9.32. The van der Waals surface area contributed by atoms with Crippen LogP contribution < -0.4 is 0 Å². The van der Waals surface area contributed by atoms with Crippen LogP contribution in [0, 0.1) is 0 Å². The number of hydrogen-bond donors (Lipinski definition) is 6.